The van der Waals surface area contributed by atoms with Gasteiger partial charge in [-0.25, -0.2) is 8.42 Å². The number of methoxy groups -OCH3 is 1. The van der Waals surface area contributed by atoms with Gasteiger partial charge in [0.25, 0.3) is 0 Å². The van der Waals surface area contributed by atoms with Crippen molar-refractivity contribution in [1.29, 1.82) is 0 Å². The third-order valence-electron chi connectivity index (χ3n) is 4.45. The highest BCUT2D eigenvalue weighted by Crippen LogP contribution is 2.24. The Morgan fingerprint density at radius 3 is 2.48 bits per heavy atom. The van der Waals surface area contributed by atoms with Gasteiger partial charge in [0.2, 0.25) is 10.0 Å². The molecule has 7 heteroatoms. The molecule has 1 aromatic heterocycles. The maximum atomic E-state index is 12.9. The standard InChI is InChI=1S/C18H23N3O3S/c1-15-13-17(6-7-18(15)24-2)25(22,23)21-11-9-20(10-12-21)14-16-5-3-4-8-19-16/h3-8,13H,9-12,14H2,1-2H3. The molecular formula is C18H23N3O3S. The van der Waals surface area contributed by atoms with Crippen molar-refractivity contribution < 1.29 is 13.2 Å². The summed E-state index contributed by atoms with van der Waals surface area (Å²) in [6.07, 6.45) is 1.78. The Balaban J connectivity index is 1.66. The molecule has 25 heavy (non-hydrogen) atoms. The monoisotopic (exact) mass is 361 g/mol. The van der Waals surface area contributed by atoms with E-state index < -0.39 is 10.0 Å². The summed E-state index contributed by atoms with van der Waals surface area (Å²) in [4.78, 5) is 6.88. The summed E-state index contributed by atoms with van der Waals surface area (Å²) in [6, 6.07) is 10.8. The van der Waals surface area contributed by atoms with Crippen LogP contribution in [0.15, 0.2) is 47.5 Å². The number of sulfonamides is 1. The predicted molar refractivity (Wildman–Crippen MR) is 96.0 cm³/mol. The molecule has 0 spiro atoms. The van der Waals surface area contributed by atoms with Gasteiger partial charge in [-0.3, -0.25) is 9.88 Å². The van der Waals surface area contributed by atoms with E-state index in [4.69, 9.17) is 4.74 Å². The van der Waals surface area contributed by atoms with Gasteiger partial charge in [-0.05, 0) is 42.8 Å². The lowest BCUT2D eigenvalue weighted by Gasteiger charge is -2.33. The molecule has 2 aromatic rings. The van der Waals surface area contributed by atoms with E-state index >= 15 is 0 Å². The Kier molecular flexibility index (Phi) is 5.36. The van der Waals surface area contributed by atoms with Gasteiger partial charge in [-0.15, -0.1) is 0 Å². The van der Waals surface area contributed by atoms with Crippen LogP contribution in [0.3, 0.4) is 0 Å². The molecule has 0 radical (unpaired) electrons. The van der Waals surface area contributed by atoms with Gasteiger partial charge < -0.3 is 4.74 Å². The van der Waals surface area contributed by atoms with Crippen molar-refractivity contribution in [3.8, 4) is 5.75 Å². The van der Waals surface area contributed by atoms with E-state index in [0.29, 0.717) is 36.8 Å². The van der Waals surface area contributed by atoms with Crippen LogP contribution in [0.4, 0.5) is 0 Å². The zero-order chi connectivity index (χ0) is 17.9. The van der Waals surface area contributed by atoms with Crippen molar-refractivity contribution in [2.24, 2.45) is 0 Å². The molecule has 6 nitrogen and oxygen atoms in total. The van der Waals surface area contributed by atoms with Gasteiger partial charge in [0.05, 0.1) is 17.7 Å². The second-order valence-electron chi connectivity index (χ2n) is 6.13. The van der Waals surface area contributed by atoms with Crippen LogP contribution >= 0.6 is 0 Å². The topological polar surface area (TPSA) is 62.7 Å². The number of pyridine rings is 1. The van der Waals surface area contributed by atoms with Crippen LogP contribution in [0.1, 0.15) is 11.3 Å². The second-order valence-corrected chi connectivity index (χ2v) is 8.07. The number of rotatable bonds is 5. The van der Waals surface area contributed by atoms with E-state index in [-0.39, 0.29) is 0 Å². The summed E-state index contributed by atoms with van der Waals surface area (Å²) in [6.45, 7) is 4.97. The summed E-state index contributed by atoms with van der Waals surface area (Å²) in [5.74, 6) is 0.694. The molecule has 0 unspecified atom stereocenters. The molecule has 0 amide bonds. The van der Waals surface area contributed by atoms with Crippen LogP contribution in [0, 0.1) is 6.92 Å². The van der Waals surface area contributed by atoms with E-state index in [0.717, 1.165) is 17.8 Å². The minimum absolute atomic E-state index is 0.323. The minimum atomic E-state index is -3.47. The SMILES string of the molecule is COc1ccc(S(=O)(=O)N2CCN(Cc3ccccn3)CC2)cc1C. The molecule has 0 atom stereocenters. The molecule has 1 saturated heterocycles. The molecule has 0 bridgehead atoms. The first kappa shape index (κ1) is 17.8. The summed E-state index contributed by atoms with van der Waals surface area (Å²) in [5.41, 5.74) is 1.82. The minimum Gasteiger partial charge on any atom is -0.496 e. The highest BCUT2D eigenvalue weighted by atomic mass is 32.2. The fourth-order valence-corrected chi connectivity index (χ4v) is 4.52. The van der Waals surface area contributed by atoms with Crippen LogP contribution < -0.4 is 4.74 Å². The number of benzene rings is 1. The first-order valence-electron chi connectivity index (χ1n) is 8.28. The second kappa shape index (κ2) is 7.51. The number of hydrogen-bond donors (Lipinski definition) is 0. The van der Waals surface area contributed by atoms with Crippen LogP contribution in [-0.4, -0.2) is 55.9 Å². The Morgan fingerprint density at radius 2 is 1.88 bits per heavy atom. The first-order valence-corrected chi connectivity index (χ1v) is 9.72. The molecule has 1 aliphatic heterocycles. The molecule has 1 aromatic carbocycles. The third kappa shape index (κ3) is 4.00. The van der Waals surface area contributed by atoms with Crippen LogP contribution in [0.5, 0.6) is 5.75 Å². The molecule has 2 heterocycles. The lowest BCUT2D eigenvalue weighted by atomic mass is 10.2. The van der Waals surface area contributed by atoms with Crippen molar-refractivity contribution in [2.45, 2.75) is 18.4 Å². The summed E-state index contributed by atoms with van der Waals surface area (Å²) >= 11 is 0. The number of aromatic nitrogens is 1. The lowest BCUT2D eigenvalue weighted by Crippen LogP contribution is -2.48. The molecule has 0 saturated carbocycles. The van der Waals surface area contributed by atoms with Gasteiger partial charge in [-0.2, -0.15) is 4.31 Å². The highest BCUT2D eigenvalue weighted by molar-refractivity contribution is 7.89. The Bertz CT molecular complexity index is 817. The maximum absolute atomic E-state index is 12.9. The quantitative estimate of drug-likeness (QED) is 0.814. The maximum Gasteiger partial charge on any atom is 0.243 e. The van der Waals surface area contributed by atoms with E-state index in [2.05, 4.69) is 9.88 Å². The Morgan fingerprint density at radius 1 is 1.12 bits per heavy atom. The average molecular weight is 361 g/mol. The fourth-order valence-electron chi connectivity index (χ4n) is 3.01. The number of hydrogen-bond acceptors (Lipinski definition) is 5. The first-order chi connectivity index (χ1) is 12.0. The van der Waals surface area contributed by atoms with Crippen molar-refractivity contribution >= 4 is 10.0 Å². The number of aryl methyl sites for hydroxylation is 1. The largest absolute Gasteiger partial charge is 0.496 e. The van der Waals surface area contributed by atoms with Gasteiger partial charge in [0.15, 0.2) is 0 Å². The Hall–Kier alpha value is -1.96. The molecule has 1 aliphatic rings. The molecule has 1 fully saturated rings. The van der Waals surface area contributed by atoms with Gasteiger partial charge in [0, 0.05) is 38.9 Å². The van der Waals surface area contributed by atoms with E-state index in [1.807, 2.05) is 25.1 Å². The van der Waals surface area contributed by atoms with E-state index in [1.165, 1.54) is 0 Å². The van der Waals surface area contributed by atoms with Crippen LogP contribution in [-0.2, 0) is 16.6 Å². The van der Waals surface area contributed by atoms with E-state index in [9.17, 15) is 8.42 Å². The van der Waals surface area contributed by atoms with Crippen molar-refractivity contribution in [3.05, 3.63) is 53.9 Å². The van der Waals surface area contributed by atoms with Crippen molar-refractivity contribution in [2.75, 3.05) is 33.3 Å². The molecule has 0 aliphatic carbocycles. The van der Waals surface area contributed by atoms with Gasteiger partial charge in [0.1, 0.15) is 5.75 Å². The third-order valence-corrected chi connectivity index (χ3v) is 6.34. The number of nitrogens with zero attached hydrogens (tertiary/aromatic N) is 3. The van der Waals surface area contributed by atoms with Crippen LogP contribution in [0.2, 0.25) is 0 Å². The number of piperazine rings is 1. The van der Waals surface area contributed by atoms with E-state index in [1.54, 1.807) is 35.8 Å². The summed E-state index contributed by atoms with van der Waals surface area (Å²) < 4.78 is 32.5. The number of ether oxygens (including phenoxy) is 1. The molecule has 0 N–H and O–H groups in total. The molecular weight excluding hydrogens is 338 g/mol. The molecule has 3 rings (SSSR count). The lowest BCUT2D eigenvalue weighted by molar-refractivity contribution is 0.180. The van der Waals surface area contributed by atoms with Gasteiger partial charge in [-0.1, -0.05) is 6.07 Å². The molecule has 134 valence electrons. The zero-order valence-electron chi connectivity index (χ0n) is 14.6. The summed E-state index contributed by atoms with van der Waals surface area (Å²) in [5, 5.41) is 0. The fraction of sp³-hybridized carbons (Fsp3) is 0.389. The van der Waals surface area contributed by atoms with Crippen molar-refractivity contribution in [1.82, 2.24) is 14.2 Å². The van der Waals surface area contributed by atoms with Gasteiger partial charge >= 0.3 is 0 Å². The smallest absolute Gasteiger partial charge is 0.243 e. The predicted octanol–water partition coefficient (Wildman–Crippen LogP) is 1.91. The highest BCUT2D eigenvalue weighted by Gasteiger charge is 2.28. The zero-order valence-corrected chi connectivity index (χ0v) is 15.4. The average Bonchev–Trinajstić information content (AvgIpc) is 2.63. The normalized spacial score (nSPS) is 16.7. The van der Waals surface area contributed by atoms with Crippen LogP contribution in [0.25, 0.3) is 0 Å². The Labute approximate surface area is 149 Å². The summed E-state index contributed by atoms with van der Waals surface area (Å²) in [7, 11) is -1.89. The van der Waals surface area contributed by atoms with Crippen molar-refractivity contribution in [3.63, 3.8) is 0 Å².